The topological polar surface area (TPSA) is 75.7 Å². The van der Waals surface area contributed by atoms with Crippen LogP contribution >= 0.6 is 0 Å². The third kappa shape index (κ3) is 5.22. The van der Waals surface area contributed by atoms with Gasteiger partial charge in [-0.3, -0.25) is 14.4 Å². The van der Waals surface area contributed by atoms with Crippen LogP contribution in [0.3, 0.4) is 0 Å². The number of carbonyl (C=O) groups is 3. The molecule has 152 valence electrons. The predicted octanol–water partition coefficient (Wildman–Crippen LogP) is 3.22. The zero-order valence-corrected chi connectivity index (χ0v) is 17.0. The smallest absolute Gasteiger partial charge is 0.312 e. The maximum atomic E-state index is 12.5. The molecule has 0 unspecified atom stereocenters. The third-order valence-corrected chi connectivity index (χ3v) is 5.07. The van der Waals surface area contributed by atoms with E-state index in [0.29, 0.717) is 18.8 Å². The van der Waals surface area contributed by atoms with Crippen molar-refractivity contribution in [3.63, 3.8) is 0 Å². The summed E-state index contributed by atoms with van der Waals surface area (Å²) in [6.07, 6.45) is -0.835. The molecule has 0 aliphatic carbocycles. The highest BCUT2D eigenvalue weighted by molar-refractivity contribution is 5.96. The van der Waals surface area contributed by atoms with E-state index in [1.54, 1.807) is 4.90 Å². The lowest BCUT2D eigenvalue weighted by atomic mass is 10.1. The van der Waals surface area contributed by atoms with Gasteiger partial charge in [0.2, 0.25) is 5.91 Å². The van der Waals surface area contributed by atoms with Crippen LogP contribution in [-0.2, 0) is 25.7 Å². The number of anilines is 1. The number of likely N-dealkylation sites (tertiary alicyclic amines) is 1. The van der Waals surface area contributed by atoms with Gasteiger partial charge in [-0.25, -0.2) is 0 Å². The first-order valence-corrected chi connectivity index (χ1v) is 9.74. The number of carbonyl (C=O) groups excluding carboxylic acids is 3. The second kappa shape index (κ2) is 8.90. The maximum absolute atomic E-state index is 12.5. The van der Waals surface area contributed by atoms with Gasteiger partial charge in [-0.2, -0.15) is 0 Å². The molecule has 1 heterocycles. The molecule has 0 bridgehead atoms. The van der Waals surface area contributed by atoms with E-state index in [1.807, 2.05) is 62.4 Å². The van der Waals surface area contributed by atoms with E-state index in [0.717, 1.165) is 16.7 Å². The van der Waals surface area contributed by atoms with Crippen LogP contribution in [0.4, 0.5) is 5.69 Å². The lowest BCUT2D eigenvalue weighted by molar-refractivity contribution is -0.157. The standard InChI is InChI=1S/C23H26N2O4/c1-15-9-10-20(16(2)11-15)24-22(27)17(3)29-23(28)19-12-21(26)25(14-19)13-18-7-5-4-6-8-18/h4-11,17,19H,12-14H2,1-3H3,(H,24,27)/t17-,19-/m0/s1. The van der Waals surface area contributed by atoms with Crippen LogP contribution in [0.25, 0.3) is 0 Å². The number of esters is 1. The summed E-state index contributed by atoms with van der Waals surface area (Å²) in [4.78, 5) is 38.8. The van der Waals surface area contributed by atoms with Gasteiger partial charge in [0, 0.05) is 25.2 Å². The number of amides is 2. The number of nitrogens with zero attached hydrogens (tertiary/aromatic N) is 1. The number of benzene rings is 2. The molecule has 2 atom stereocenters. The Hall–Kier alpha value is -3.15. The molecule has 2 aromatic carbocycles. The number of rotatable bonds is 6. The summed E-state index contributed by atoms with van der Waals surface area (Å²) in [7, 11) is 0. The highest BCUT2D eigenvalue weighted by Crippen LogP contribution is 2.22. The molecular formula is C23H26N2O4. The van der Waals surface area contributed by atoms with Crippen LogP contribution < -0.4 is 5.32 Å². The largest absolute Gasteiger partial charge is 0.452 e. The highest BCUT2D eigenvalue weighted by Gasteiger charge is 2.36. The third-order valence-electron chi connectivity index (χ3n) is 5.07. The molecule has 2 amide bonds. The molecular weight excluding hydrogens is 368 g/mol. The molecule has 0 aromatic heterocycles. The fourth-order valence-electron chi connectivity index (χ4n) is 3.40. The molecule has 6 heteroatoms. The van der Waals surface area contributed by atoms with E-state index in [9.17, 15) is 14.4 Å². The van der Waals surface area contributed by atoms with Gasteiger partial charge < -0.3 is 15.0 Å². The Bertz CT molecular complexity index is 910. The minimum atomic E-state index is -0.943. The Morgan fingerprint density at radius 1 is 1.17 bits per heavy atom. The van der Waals surface area contributed by atoms with Crippen molar-refractivity contribution in [1.29, 1.82) is 0 Å². The molecule has 6 nitrogen and oxygen atoms in total. The zero-order valence-electron chi connectivity index (χ0n) is 17.0. The number of nitrogens with one attached hydrogen (secondary N) is 1. The summed E-state index contributed by atoms with van der Waals surface area (Å²) >= 11 is 0. The van der Waals surface area contributed by atoms with Crippen molar-refractivity contribution < 1.29 is 19.1 Å². The van der Waals surface area contributed by atoms with Crippen molar-refractivity contribution in [3.8, 4) is 0 Å². The SMILES string of the molecule is Cc1ccc(NC(=O)[C@H](C)OC(=O)[C@H]2CC(=O)N(Cc3ccccc3)C2)c(C)c1. The number of ether oxygens (including phenoxy) is 1. The Morgan fingerprint density at radius 2 is 1.90 bits per heavy atom. The van der Waals surface area contributed by atoms with E-state index in [2.05, 4.69) is 5.32 Å². The van der Waals surface area contributed by atoms with E-state index in [4.69, 9.17) is 4.74 Å². The molecule has 0 spiro atoms. The van der Waals surface area contributed by atoms with Crippen LogP contribution in [0.15, 0.2) is 48.5 Å². The minimum Gasteiger partial charge on any atom is -0.452 e. The number of aryl methyl sites for hydroxylation is 2. The summed E-state index contributed by atoms with van der Waals surface area (Å²) in [6.45, 7) is 6.19. The Morgan fingerprint density at radius 3 is 2.59 bits per heavy atom. The molecule has 1 aliphatic rings. The molecule has 29 heavy (non-hydrogen) atoms. The average Bonchev–Trinajstić information content (AvgIpc) is 3.05. The summed E-state index contributed by atoms with van der Waals surface area (Å²) < 4.78 is 5.35. The van der Waals surface area contributed by atoms with Gasteiger partial charge in [0.25, 0.3) is 5.91 Å². The summed E-state index contributed by atoms with van der Waals surface area (Å²) in [5.41, 5.74) is 3.74. The molecule has 1 aliphatic heterocycles. The maximum Gasteiger partial charge on any atom is 0.312 e. The Kier molecular flexibility index (Phi) is 6.32. The Balaban J connectivity index is 1.54. The molecule has 1 N–H and O–H groups in total. The molecule has 1 saturated heterocycles. The van der Waals surface area contributed by atoms with Crippen molar-refractivity contribution >= 4 is 23.5 Å². The van der Waals surface area contributed by atoms with Crippen LogP contribution in [0.5, 0.6) is 0 Å². The van der Waals surface area contributed by atoms with Crippen molar-refractivity contribution in [1.82, 2.24) is 4.90 Å². The van der Waals surface area contributed by atoms with Gasteiger partial charge in [-0.15, -0.1) is 0 Å². The second-order valence-electron chi connectivity index (χ2n) is 7.55. The van der Waals surface area contributed by atoms with Crippen LogP contribution in [0, 0.1) is 19.8 Å². The lowest BCUT2D eigenvalue weighted by Gasteiger charge is -2.18. The molecule has 0 saturated carbocycles. The average molecular weight is 394 g/mol. The van der Waals surface area contributed by atoms with Crippen LogP contribution in [-0.4, -0.2) is 35.3 Å². The van der Waals surface area contributed by atoms with Gasteiger partial charge in [-0.05, 0) is 38.0 Å². The first-order valence-electron chi connectivity index (χ1n) is 9.74. The molecule has 1 fully saturated rings. The van der Waals surface area contributed by atoms with Gasteiger partial charge in [-0.1, -0.05) is 48.0 Å². The fourth-order valence-corrected chi connectivity index (χ4v) is 3.40. The van der Waals surface area contributed by atoms with E-state index in [-0.39, 0.29) is 12.3 Å². The zero-order chi connectivity index (χ0) is 21.0. The molecule has 2 aromatic rings. The van der Waals surface area contributed by atoms with Crippen molar-refractivity contribution in [3.05, 3.63) is 65.2 Å². The van der Waals surface area contributed by atoms with Crippen molar-refractivity contribution in [2.45, 2.75) is 39.8 Å². The first kappa shape index (κ1) is 20.6. The normalized spacial score (nSPS) is 17.1. The lowest BCUT2D eigenvalue weighted by Crippen LogP contribution is -2.33. The predicted molar refractivity (Wildman–Crippen MR) is 110 cm³/mol. The number of hydrogen-bond donors (Lipinski definition) is 1. The van der Waals surface area contributed by atoms with E-state index in [1.165, 1.54) is 6.92 Å². The first-order chi connectivity index (χ1) is 13.8. The van der Waals surface area contributed by atoms with Crippen molar-refractivity contribution in [2.24, 2.45) is 5.92 Å². The quantitative estimate of drug-likeness (QED) is 0.764. The van der Waals surface area contributed by atoms with Crippen LogP contribution in [0.1, 0.15) is 30.0 Å². The van der Waals surface area contributed by atoms with Crippen LogP contribution in [0.2, 0.25) is 0 Å². The highest BCUT2D eigenvalue weighted by atomic mass is 16.5. The van der Waals surface area contributed by atoms with E-state index < -0.39 is 23.9 Å². The summed E-state index contributed by atoms with van der Waals surface area (Å²) in [6, 6.07) is 15.3. The summed E-state index contributed by atoms with van der Waals surface area (Å²) in [5, 5.41) is 2.79. The molecule has 3 rings (SSSR count). The van der Waals surface area contributed by atoms with Crippen molar-refractivity contribution in [2.75, 3.05) is 11.9 Å². The second-order valence-corrected chi connectivity index (χ2v) is 7.55. The summed E-state index contributed by atoms with van der Waals surface area (Å²) in [5.74, 6) is -1.54. The Labute approximate surface area is 170 Å². The number of hydrogen-bond acceptors (Lipinski definition) is 4. The fraction of sp³-hybridized carbons (Fsp3) is 0.348. The van der Waals surface area contributed by atoms with Gasteiger partial charge in [0.1, 0.15) is 0 Å². The van der Waals surface area contributed by atoms with Gasteiger partial charge in [0.15, 0.2) is 6.10 Å². The van der Waals surface area contributed by atoms with Gasteiger partial charge >= 0.3 is 5.97 Å². The van der Waals surface area contributed by atoms with E-state index >= 15 is 0 Å². The minimum absolute atomic E-state index is 0.0804. The monoisotopic (exact) mass is 394 g/mol. The molecule has 0 radical (unpaired) electrons. The van der Waals surface area contributed by atoms with Gasteiger partial charge in [0.05, 0.1) is 5.92 Å².